The Bertz CT molecular complexity index is 651. The molecule has 0 radical (unpaired) electrons. The molecule has 0 aliphatic rings. The summed E-state index contributed by atoms with van der Waals surface area (Å²) in [6.45, 7) is 13.1. The Kier molecular flexibility index (Phi) is 6.26. The predicted octanol–water partition coefficient (Wildman–Crippen LogP) is 5.52. The maximum atomic E-state index is 12.9. The van der Waals surface area contributed by atoms with Crippen molar-refractivity contribution in [2.24, 2.45) is 10.8 Å². The molecule has 0 aliphatic carbocycles. The molecule has 1 rings (SSSR count). The van der Waals surface area contributed by atoms with Gasteiger partial charge in [0.2, 0.25) is 0 Å². The van der Waals surface area contributed by atoms with Crippen LogP contribution in [0.25, 0.3) is 0 Å². The quantitative estimate of drug-likeness (QED) is 0.590. The third-order valence-corrected chi connectivity index (χ3v) is 4.85. The molecule has 1 aromatic rings. The van der Waals surface area contributed by atoms with Crippen molar-refractivity contribution in [3.05, 3.63) is 34.9 Å². The van der Waals surface area contributed by atoms with E-state index in [1.807, 2.05) is 41.5 Å². The second-order valence-electron chi connectivity index (χ2n) is 7.88. The Labute approximate surface area is 145 Å². The van der Waals surface area contributed by atoms with Crippen molar-refractivity contribution in [3.8, 4) is 0 Å². The number of Topliss-reactive ketones (excluding diaryl/α,β-unsaturated/α-hetero) is 3. The molecule has 0 amide bonds. The predicted molar refractivity (Wildman–Crippen MR) is 97.9 cm³/mol. The summed E-state index contributed by atoms with van der Waals surface area (Å²) in [4.78, 5) is 37.6. The summed E-state index contributed by atoms with van der Waals surface area (Å²) < 4.78 is 0. The van der Waals surface area contributed by atoms with Crippen LogP contribution in [0.15, 0.2) is 18.2 Å². The van der Waals surface area contributed by atoms with E-state index < -0.39 is 10.8 Å². The van der Waals surface area contributed by atoms with Crippen molar-refractivity contribution in [3.63, 3.8) is 0 Å². The normalized spacial score (nSPS) is 12.1. The lowest BCUT2D eigenvalue weighted by Gasteiger charge is -2.24. The third-order valence-electron chi connectivity index (χ3n) is 4.85. The van der Waals surface area contributed by atoms with Gasteiger partial charge in [0.1, 0.15) is 0 Å². The van der Waals surface area contributed by atoms with E-state index in [0.717, 1.165) is 12.8 Å². The van der Waals surface area contributed by atoms with Gasteiger partial charge in [0.25, 0.3) is 0 Å². The standard InChI is InChI=1S/C21H30O3/c1-8-10-21(6,7)19(24)17-12-15(14(3)22)11-16(13-17)18(23)20(4,5)9-2/h11-13H,8-10H2,1-7H3. The van der Waals surface area contributed by atoms with Gasteiger partial charge >= 0.3 is 0 Å². The summed E-state index contributed by atoms with van der Waals surface area (Å²) in [5.74, 6) is -0.187. The van der Waals surface area contributed by atoms with Gasteiger partial charge in [-0.25, -0.2) is 0 Å². The molecule has 132 valence electrons. The second-order valence-corrected chi connectivity index (χ2v) is 7.88. The Hall–Kier alpha value is -1.77. The summed E-state index contributed by atoms with van der Waals surface area (Å²) >= 11 is 0. The molecule has 0 aromatic heterocycles. The van der Waals surface area contributed by atoms with Crippen molar-refractivity contribution in [1.29, 1.82) is 0 Å². The van der Waals surface area contributed by atoms with Crippen molar-refractivity contribution in [2.45, 2.75) is 67.7 Å². The van der Waals surface area contributed by atoms with E-state index in [1.165, 1.54) is 6.92 Å². The van der Waals surface area contributed by atoms with Crippen molar-refractivity contribution in [1.82, 2.24) is 0 Å². The molecule has 1 aromatic carbocycles. The van der Waals surface area contributed by atoms with Gasteiger partial charge in [-0.1, -0.05) is 48.0 Å². The zero-order valence-electron chi connectivity index (χ0n) is 16.1. The van der Waals surface area contributed by atoms with Gasteiger partial charge in [-0.3, -0.25) is 14.4 Å². The summed E-state index contributed by atoms with van der Waals surface area (Å²) in [5, 5.41) is 0. The molecule has 0 N–H and O–H groups in total. The van der Waals surface area contributed by atoms with Gasteiger partial charge in [-0.2, -0.15) is 0 Å². The van der Waals surface area contributed by atoms with Crippen LogP contribution >= 0.6 is 0 Å². The molecule has 0 heterocycles. The molecule has 24 heavy (non-hydrogen) atoms. The zero-order chi connectivity index (χ0) is 18.7. The van der Waals surface area contributed by atoms with Crippen LogP contribution in [0.2, 0.25) is 0 Å². The van der Waals surface area contributed by atoms with Gasteiger partial charge in [0.05, 0.1) is 0 Å². The molecular formula is C21H30O3. The Balaban J connectivity index is 3.45. The number of carbonyl (C=O) groups excluding carboxylic acids is 3. The van der Waals surface area contributed by atoms with E-state index in [9.17, 15) is 14.4 Å². The average Bonchev–Trinajstić information content (AvgIpc) is 2.52. The Morgan fingerprint density at radius 2 is 1.21 bits per heavy atom. The summed E-state index contributed by atoms with van der Waals surface area (Å²) in [6, 6.07) is 4.90. The van der Waals surface area contributed by atoms with Gasteiger partial charge in [-0.05, 0) is 38.0 Å². The molecule has 0 saturated carbocycles. The third kappa shape index (κ3) is 4.40. The fourth-order valence-electron chi connectivity index (χ4n) is 2.77. The summed E-state index contributed by atoms with van der Waals surface area (Å²) in [7, 11) is 0. The minimum absolute atomic E-state index is 0.0178. The van der Waals surface area contributed by atoms with Gasteiger partial charge in [-0.15, -0.1) is 0 Å². The van der Waals surface area contributed by atoms with E-state index in [-0.39, 0.29) is 17.3 Å². The number of rotatable bonds is 8. The lowest BCUT2D eigenvalue weighted by atomic mass is 9.77. The largest absolute Gasteiger partial charge is 0.295 e. The van der Waals surface area contributed by atoms with Crippen LogP contribution in [0.4, 0.5) is 0 Å². The molecule has 0 spiro atoms. The lowest BCUT2D eigenvalue weighted by molar-refractivity contribution is 0.0824. The Morgan fingerprint density at radius 1 is 0.792 bits per heavy atom. The lowest BCUT2D eigenvalue weighted by Crippen LogP contribution is -2.26. The van der Waals surface area contributed by atoms with E-state index in [2.05, 4.69) is 0 Å². The fourth-order valence-corrected chi connectivity index (χ4v) is 2.77. The SMILES string of the molecule is CCCC(C)(C)C(=O)c1cc(C(C)=O)cc(C(=O)C(C)(C)CC)c1. The summed E-state index contributed by atoms with van der Waals surface area (Å²) in [5.41, 5.74) is 0.296. The molecule has 0 fully saturated rings. The number of hydrogen-bond acceptors (Lipinski definition) is 3. The number of carbonyl (C=O) groups is 3. The average molecular weight is 330 g/mol. The minimum Gasteiger partial charge on any atom is -0.295 e. The molecule has 0 bridgehead atoms. The van der Waals surface area contributed by atoms with E-state index >= 15 is 0 Å². The highest BCUT2D eigenvalue weighted by Crippen LogP contribution is 2.31. The fraction of sp³-hybridized carbons (Fsp3) is 0.571. The highest BCUT2D eigenvalue weighted by molar-refractivity contribution is 6.08. The number of ketones is 3. The maximum Gasteiger partial charge on any atom is 0.168 e. The van der Waals surface area contributed by atoms with E-state index in [0.29, 0.717) is 23.1 Å². The van der Waals surface area contributed by atoms with Crippen molar-refractivity contribution in [2.75, 3.05) is 0 Å². The van der Waals surface area contributed by atoms with Crippen LogP contribution in [0.1, 0.15) is 98.8 Å². The van der Waals surface area contributed by atoms with Crippen molar-refractivity contribution < 1.29 is 14.4 Å². The highest BCUT2D eigenvalue weighted by atomic mass is 16.1. The van der Waals surface area contributed by atoms with Gasteiger partial charge in [0.15, 0.2) is 17.3 Å². The molecule has 3 heteroatoms. The topological polar surface area (TPSA) is 51.2 Å². The molecule has 3 nitrogen and oxygen atoms in total. The molecule has 0 saturated heterocycles. The zero-order valence-corrected chi connectivity index (χ0v) is 16.1. The molecular weight excluding hydrogens is 300 g/mol. The van der Waals surface area contributed by atoms with E-state index in [4.69, 9.17) is 0 Å². The van der Waals surface area contributed by atoms with Crippen LogP contribution in [0, 0.1) is 10.8 Å². The van der Waals surface area contributed by atoms with Crippen molar-refractivity contribution >= 4 is 17.3 Å². The second kappa shape index (κ2) is 7.42. The first-order chi connectivity index (χ1) is 11.0. The highest BCUT2D eigenvalue weighted by Gasteiger charge is 2.31. The summed E-state index contributed by atoms with van der Waals surface area (Å²) in [6.07, 6.45) is 2.36. The number of hydrogen-bond donors (Lipinski definition) is 0. The molecule has 0 unspecified atom stereocenters. The van der Waals surface area contributed by atoms with Crippen LogP contribution in [-0.4, -0.2) is 17.3 Å². The number of benzene rings is 1. The van der Waals surface area contributed by atoms with Crippen LogP contribution < -0.4 is 0 Å². The van der Waals surface area contributed by atoms with E-state index in [1.54, 1.807) is 18.2 Å². The smallest absolute Gasteiger partial charge is 0.168 e. The molecule has 0 atom stereocenters. The Morgan fingerprint density at radius 3 is 1.58 bits per heavy atom. The maximum absolute atomic E-state index is 12.9. The van der Waals surface area contributed by atoms with Gasteiger partial charge < -0.3 is 0 Å². The van der Waals surface area contributed by atoms with Crippen LogP contribution in [-0.2, 0) is 0 Å². The van der Waals surface area contributed by atoms with Crippen LogP contribution in [0.5, 0.6) is 0 Å². The first-order valence-corrected chi connectivity index (χ1v) is 8.72. The monoisotopic (exact) mass is 330 g/mol. The van der Waals surface area contributed by atoms with Gasteiger partial charge in [0, 0.05) is 27.5 Å². The van der Waals surface area contributed by atoms with Crippen LogP contribution in [0.3, 0.4) is 0 Å². The minimum atomic E-state index is -0.519. The first-order valence-electron chi connectivity index (χ1n) is 8.72. The molecule has 0 aliphatic heterocycles. The first kappa shape index (κ1) is 20.3.